The first-order valence-corrected chi connectivity index (χ1v) is 15.0. The number of carbonyl (C=O) groups is 2. The van der Waals surface area contributed by atoms with Gasteiger partial charge in [0.25, 0.3) is 5.89 Å². The Morgan fingerprint density at radius 2 is 1.68 bits per heavy atom. The van der Waals surface area contributed by atoms with Crippen LogP contribution in [0.3, 0.4) is 0 Å². The lowest BCUT2D eigenvalue weighted by atomic mass is 9.34. The summed E-state index contributed by atoms with van der Waals surface area (Å²) in [7, 11) is 0. The van der Waals surface area contributed by atoms with E-state index < -0.39 is 34.0 Å². The van der Waals surface area contributed by atoms with Gasteiger partial charge in [0.1, 0.15) is 0 Å². The molecule has 0 saturated heterocycles. The van der Waals surface area contributed by atoms with Crippen LogP contribution in [0.1, 0.15) is 112 Å². The van der Waals surface area contributed by atoms with E-state index in [-0.39, 0.29) is 51.7 Å². The molecule has 1 aromatic heterocycles. The van der Waals surface area contributed by atoms with Crippen LogP contribution in [0.5, 0.6) is 0 Å². The second kappa shape index (κ2) is 8.45. The number of fused-ring (bicyclic) bond motifs is 7. The monoisotopic (exact) mass is 565 g/mol. The molecule has 41 heavy (non-hydrogen) atoms. The second-order valence-electron chi connectivity index (χ2n) is 15.6. The average Bonchev–Trinajstić information content (AvgIpc) is 3.39. The van der Waals surface area contributed by atoms with Gasteiger partial charge in [-0.15, -0.1) is 10.2 Å². The summed E-state index contributed by atoms with van der Waals surface area (Å²) in [5.41, 5.74) is -1.45. The van der Waals surface area contributed by atoms with Gasteiger partial charge in [0.05, 0.1) is 12.0 Å². The Morgan fingerprint density at radius 1 is 1.00 bits per heavy atom. The summed E-state index contributed by atoms with van der Waals surface area (Å²) in [6, 6.07) is 0. The predicted octanol–water partition coefficient (Wildman–Crippen LogP) is 7.83. The molecular weight excluding hydrogens is 524 g/mol. The van der Waals surface area contributed by atoms with Crippen molar-refractivity contribution in [2.75, 3.05) is 0 Å². The molecule has 0 radical (unpaired) electrons. The summed E-state index contributed by atoms with van der Waals surface area (Å²) in [6.07, 6.45) is 6.34. The number of aromatic nitrogens is 2. The molecule has 1 aromatic rings. The highest BCUT2D eigenvalue weighted by molar-refractivity contribution is 6.03. The number of nitrogens with zero attached hydrogens (tertiary/aromatic N) is 3. The third kappa shape index (κ3) is 3.50. The van der Waals surface area contributed by atoms with Crippen molar-refractivity contribution in [2.24, 2.45) is 44.8 Å². The second-order valence-corrected chi connectivity index (χ2v) is 15.6. The molecule has 6 nitrogen and oxygen atoms in total. The molecule has 5 aliphatic rings. The first-order chi connectivity index (χ1) is 19.0. The fraction of sp³-hybridized carbons (Fsp3) is 0.727. The van der Waals surface area contributed by atoms with Crippen LogP contribution < -0.4 is 0 Å². The molecule has 220 valence electrons. The molecule has 6 rings (SSSR count). The molecule has 0 spiro atoms. The highest BCUT2D eigenvalue weighted by atomic mass is 19.3. The van der Waals surface area contributed by atoms with Crippen molar-refractivity contribution in [2.45, 2.75) is 105 Å². The number of halogens is 2. The van der Waals surface area contributed by atoms with E-state index in [0.29, 0.717) is 6.42 Å². The molecule has 7 atom stereocenters. The quantitative estimate of drug-likeness (QED) is 0.342. The van der Waals surface area contributed by atoms with Gasteiger partial charge in [0.2, 0.25) is 11.6 Å². The van der Waals surface area contributed by atoms with Crippen molar-refractivity contribution in [1.29, 1.82) is 0 Å². The van der Waals surface area contributed by atoms with Crippen LogP contribution in [0.2, 0.25) is 0 Å². The average molecular weight is 566 g/mol. The van der Waals surface area contributed by atoms with Crippen LogP contribution in [0.15, 0.2) is 27.8 Å². The van der Waals surface area contributed by atoms with Gasteiger partial charge in [-0.3, -0.25) is 4.79 Å². The maximum Gasteiger partial charge on any atom is 0.314 e. The zero-order valence-electron chi connectivity index (χ0n) is 25.2. The van der Waals surface area contributed by atoms with E-state index >= 15 is 0 Å². The van der Waals surface area contributed by atoms with Crippen molar-refractivity contribution in [3.63, 3.8) is 0 Å². The summed E-state index contributed by atoms with van der Waals surface area (Å²) >= 11 is 0. The molecule has 0 aromatic carbocycles. The van der Waals surface area contributed by atoms with Crippen molar-refractivity contribution in [3.8, 4) is 0 Å². The zero-order chi connectivity index (χ0) is 30.0. The molecule has 0 aliphatic heterocycles. The first-order valence-electron chi connectivity index (χ1n) is 15.0. The number of rotatable bonds is 2. The third-order valence-corrected chi connectivity index (χ3v) is 12.9. The maximum atomic E-state index is 14.6. The highest BCUT2D eigenvalue weighted by Crippen LogP contribution is 2.74. The fourth-order valence-electron chi connectivity index (χ4n) is 10.5. The summed E-state index contributed by atoms with van der Waals surface area (Å²) in [5.74, 6) is -0.900. The van der Waals surface area contributed by atoms with Gasteiger partial charge in [0, 0.05) is 16.7 Å². The molecule has 8 heteroatoms. The smallest absolute Gasteiger partial charge is 0.314 e. The standard InChI is InChI=1S/C33H41F2N3O3/c1-28(2)11-13-33(27-38-37-26(41-27)25(34)35)14-12-32(7)23(18(33)16-28)20(39)15-22-30(5)17-19(36-8)24(40)29(3,4)21(30)9-10-31(22,32)6/h15,17-18,21,23,25H,9-14,16H2,1-7H3/t18-,21-,23-,30-,31+,32+,33-/m0/s1. The number of allylic oxidation sites excluding steroid dienone is 4. The summed E-state index contributed by atoms with van der Waals surface area (Å²) in [6.45, 7) is 22.8. The Balaban J connectivity index is 1.52. The lowest BCUT2D eigenvalue weighted by Crippen LogP contribution is -2.65. The van der Waals surface area contributed by atoms with E-state index in [1.165, 1.54) is 0 Å². The largest absolute Gasteiger partial charge is 0.419 e. The number of hydrogen-bond donors (Lipinski definition) is 0. The topological polar surface area (TPSA) is 77.4 Å². The van der Waals surface area contributed by atoms with Crippen LogP contribution >= 0.6 is 0 Å². The Morgan fingerprint density at radius 3 is 2.32 bits per heavy atom. The third-order valence-electron chi connectivity index (χ3n) is 12.9. The van der Waals surface area contributed by atoms with E-state index in [2.05, 4.69) is 49.7 Å². The van der Waals surface area contributed by atoms with Gasteiger partial charge in [-0.25, -0.2) is 4.85 Å². The van der Waals surface area contributed by atoms with Crippen molar-refractivity contribution < 1.29 is 22.8 Å². The minimum absolute atomic E-state index is 0.0114. The minimum Gasteiger partial charge on any atom is -0.419 e. The number of Topliss-reactive ketones (excluding diaryl/α,β-unsaturated/α-hetero) is 1. The highest BCUT2D eigenvalue weighted by Gasteiger charge is 2.70. The van der Waals surface area contributed by atoms with Gasteiger partial charge in [0.15, 0.2) is 11.6 Å². The number of carbonyl (C=O) groups excluding carboxylic acids is 2. The van der Waals surface area contributed by atoms with Crippen molar-refractivity contribution in [3.05, 3.63) is 46.6 Å². The maximum absolute atomic E-state index is 14.6. The van der Waals surface area contributed by atoms with E-state index in [9.17, 15) is 18.4 Å². The van der Waals surface area contributed by atoms with Gasteiger partial charge in [-0.05, 0) is 79.1 Å². The van der Waals surface area contributed by atoms with Gasteiger partial charge in [-0.1, -0.05) is 60.1 Å². The Labute approximate surface area is 241 Å². The molecule has 0 N–H and O–H groups in total. The van der Waals surface area contributed by atoms with E-state index in [1.54, 1.807) is 0 Å². The molecule has 3 saturated carbocycles. The Bertz CT molecular complexity index is 1450. The van der Waals surface area contributed by atoms with Crippen molar-refractivity contribution in [1.82, 2.24) is 10.2 Å². The molecule has 3 fully saturated rings. The molecular formula is C33H41F2N3O3. The zero-order valence-corrected chi connectivity index (χ0v) is 25.2. The summed E-state index contributed by atoms with van der Waals surface area (Å²) < 4.78 is 32.7. The van der Waals surface area contributed by atoms with Gasteiger partial charge in [-0.2, -0.15) is 8.78 Å². The molecule has 0 unspecified atom stereocenters. The lowest BCUT2D eigenvalue weighted by molar-refractivity contribution is -0.161. The van der Waals surface area contributed by atoms with Crippen LogP contribution in [0.25, 0.3) is 4.85 Å². The number of hydrogen-bond acceptors (Lipinski definition) is 5. The van der Waals surface area contributed by atoms with Crippen LogP contribution in [-0.2, 0) is 15.0 Å². The Kier molecular flexibility index (Phi) is 5.86. The van der Waals surface area contributed by atoms with E-state index in [0.717, 1.165) is 44.1 Å². The molecule has 0 bridgehead atoms. The lowest BCUT2D eigenvalue weighted by Gasteiger charge is -2.69. The summed E-state index contributed by atoms with van der Waals surface area (Å²) in [4.78, 5) is 31.5. The van der Waals surface area contributed by atoms with E-state index in [4.69, 9.17) is 11.0 Å². The SMILES string of the molecule is [C-]#[N+]C1=C[C@]2(C)C3=CC(=O)[C@@H]4[C@@H]5CC(C)(C)CC[C@]5(c5nnc(C(F)F)o5)CC[C@@]4(C)[C@]3(C)CC[C@H]2C(C)(C)C1=O. The normalized spacial score (nSPS) is 42.7. The molecule has 0 amide bonds. The Hall–Kier alpha value is -2.69. The van der Waals surface area contributed by atoms with Crippen LogP contribution in [-0.4, -0.2) is 21.8 Å². The van der Waals surface area contributed by atoms with Crippen LogP contribution in [0, 0.1) is 51.4 Å². The van der Waals surface area contributed by atoms with Gasteiger partial charge < -0.3 is 9.21 Å². The first kappa shape index (κ1) is 28.4. The van der Waals surface area contributed by atoms with E-state index in [1.807, 2.05) is 26.0 Å². The van der Waals surface area contributed by atoms with Crippen LogP contribution in [0.4, 0.5) is 8.78 Å². The van der Waals surface area contributed by atoms with Gasteiger partial charge >= 0.3 is 6.43 Å². The minimum atomic E-state index is -2.84. The predicted molar refractivity (Wildman–Crippen MR) is 148 cm³/mol. The molecule has 1 heterocycles. The summed E-state index contributed by atoms with van der Waals surface area (Å²) in [5, 5.41) is 7.88. The number of ketones is 2. The van der Waals surface area contributed by atoms with Crippen molar-refractivity contribution >= 4 is 11.6 Å². The fourth-order valence-corrected chi connectivity index (χ4v) is 10.5. The number of alkyl halides is 2. The molecule has 5 aliphatic carbocycles.